The van der Waals surface area contributed by atoms with Gasteiger partial charge in [-0.2, -0.15) is 0 Å². The summed E-state index contributed by atoms with van der Waals surface area (Å²) in [6, 6.07) is 10.7. The highest BCUT2D eigenvalue weighted by atomic mass is 35.5. The molecule has 0 aliphatic rings. The van der Waals surface area contributed by atoms with Crippen LogP contribution in [0.5, 0.6) is 0 Å². The molecule has 0 fully saturated rings. The summed E-state index contributed by atoms with van der Waals surface area (Å²) in [6.45, 7) is 0. The normalized spacial score (nSPS) is 10.5. The van der Waals surface area contributed by atoms with Gasteiger partial charge in [-0.05, 0) is 48.6 Å². The first-order valence-corrected chi connectivity index (χ1v) is 8.05. The number of rotatable bonds is 2. The molecule has 2 aromatic carbocycles. The number of fused-ring (bicyclic) bond motifs is 1. The standard InChI is InChI=1S/C15H9ClFN3OS2/c16-9-4-5-11-12(7-9)23-15(18-11)20-14(22)19-13(21)8-2-1-3-10(17)6-8/h1-7H,(H2,18,19,20,21,22). The molecule has 8 heteroatoms. The van der Waals surface area contributed by atoms with E-state index in [0.717, 1.165) is 16.3 Å². The molecule has 0 aliphatic heterocycles. The van der Waals surface area contributed by atoms with Gasteiger partial charge in [0, 0.05) is 10.6 Å². The molecule has 3 aromatic rings. The van der Waals surface area contributed by atoms with Crippen LogP contribution in [0.15, 0.2) is 42.5 Å². The minimum atomic E-state index is -0.494. The highest BCUT2D eigenvalue weighted by Gasteiger charge is 2.10. The van der Waals surface area contributed by atoms with Gasteiger partial charge in [-0.15, -0.1) is 0 Å². The lowest BCUT2D eigenvalue weighted by Crippen LogP contribution is -2.34. The maximum absolute atomic E-state index is 13.1. The number of aromatic nitrogens is 1. The van der Waals surface area contributed by atoms with Gasteiger partial charge in [0.05, 0.1) is 10.2 Å². The fourth-order valence-corrected chi connectivity index (χ4v) is 3.29. The smallest absolute Gasteiger partial charge is 0.257 e. The van der Waals surface area contributed by atoms with Crippen molar-refractivity contribution in [3.05, 3.63) is 58.9 Å². The minimum absolute atomic E-state index is 0.0874. The number of nitrogens with zero attached hydrogens (tertiary/aromatic N) is 1. The van der Waals surface area contributed by atoms with Crippen LogP contribution in [0.1, 0.15) is 10.4 Å². The molecular formula is C15H9ClFN3OS2. The highest BCUT2D eigenvalue weighted by Crippen LogP contribution is 2.28. The second-order valence-electron chi connectivity index (χ2n) is 4.55. The Kier molecular flexibility index (Phi) is 4.51. The largest absolute Gasteiger partial charge is 0.308 e. The number of hydrogen-bond acceptors (Lipinski definition) is 4. The molecule has 0 atom stereocenters. The Balaban J connectivity index is 1.69. The number of benzene rings is 2. The Morgan fingerprint density at radius 2 is 2.09 bits per heavy atom. The van der Waals surface area contributed by atoms with Crippen LogP contribution in [-0.4, -0.2) is 16.0 Å². The zero-order chi connectivity index (χ0) is 16.4. The molecule has 0 saturated carbocycles. The molecule has 1 heterocycles. The van der Waals surface area contributed by atoms with E-state index in [4.69, 9.17) is 23.8 Å². The molecule has 3 rings (SSSR count). The summed E-state index contributed by atoms with van der Waals surface area (Å²) in [5.74, 6) is -0.981. The minimum Gasteiger partial charge on any atom is -0.308 e. The lowest BCUT2D eigenvalue weighted by Gasteiger charge is -2.07. The highest BCUT2D eigenvalue weighted by molar-refractivity contribution is 7.80. The summed E-state index contributed by atoms with van der Waals surface area (Å²) in [4.78, 5) is 16.3. The molecule has 0 spiro atoms. The molecule has 4 nitrogen and oxygen atoms in total. The van der Waals surface area contributed by atoms with E-state index in [-0.39, 0.29) is 10.7 Å². The number of thiazole rings is 1. The Bertz CT molecular complexity index is 913. The number of amides is 1. The van der Waals surface area contributed by atoms with Crippen LogP contribution in [0.3, 0.4) is 0 Å². The second kappa shape index (κ2) is 6.57. The number of thiocarbonyl (C=S) groups is 1. The van der Waals surface area contributed by atoms with Crippen LogP contribution in [-0.2, 0) is 0 Å². The summed E-state index contributed by atoms with van der Waals surface area (Å²) in [5.41, 5.74) is 0.964. The van der Waals surface area contributed by atoms with Gasteiger partial charge >= 0.3 is 0 Å². The van der Waals surface area contributed by atoms with E-state index in [1.165, 1.54) is 29.5 Å². The first kappa shape index (κ1) is 15.8. The van der Waals surface area contributed by atoms with E-state index >= 15 is 0 Å². The zero-order valence-electron chi connectivity index (χ0n) is 11.5. The molecule has 116 valence electrons. The first-order valence-electron chi connectivity index (χ1n) is 6.45. The molecule has 23 heavy (non-hydrogen) atoms. The van der Waals surface area contributed by atoms with Gasteiger partial charge in [-0.25, -0.2) is 9.37 Å². The third kappa shape index (κ3) is 3.82. The number of nitrogens with one attached hydrogen (secondary N) is 2. The van der Waals surface area contributed by atoms with E-state index in [1.807, 2.05) is 0 Å². The van der Waals surface area contributed by atoms with E-state index in [9.17, 15) is 9.18 Å². The molecule has 0 radical (unpaired) electrons. The lowest BCUT2D eigenvalue weighted by atomic mass is 10.2. The van der Waals surface area contributed by atoms with Crippen molar-refractivity contribution in [1.82, 2.24) is 10.3 Å². The summed E-state index contributed by atoms with van der Waals surface area (Å²) in [5, 5.41) is 6.56. The van der Waals surface area contributed by atoms with E-state index in [0.29, 0.717) is 10.2 Å². The zero-order valence-corrected chi connectivity index (χ0v) is 13.9. The van der Waals surface area contributed by atoms with Crippen LogP contribution >= 0.6 is 35.2 Å². The van der Waals surface area contributed by atoms with Gasteiger partial charge in [-0.3, -0.25) is 10.1 Å². The van der Waals surface area contributed by atoms with Crippen molar-refractivity contribution in [2.75, 3.05) is 5.32 Å². The number of hydrogen-bond donors (Lipinski definition) is 2. The number of anilines is 1. The second-order valence-corrected chi connectivity index (χ2v) is 6.42. The van der Waals surface area contributed by atoms with Gasteiger partial charge < -0.3 is 5.32 Å². The van der Waals surface area contributed by atoms with E-state index < -0.39 is 11.7 Å². The molecular weight excluding hydrogens is 357 g/mol. The van der Waals surface area contributed by atoms with Crippen molar-refractivity contribution >= 4 is 61.5 Å². The average molecular weight is 366 g/mol. The summed E-state index contributed by atoms with van der Waals surface area (Å²) < 4.78 is 14.0. The Hall–Kier alpha value is -2.09. The third-order valence-electron chi connectivity index (χ3n) is 2.88. The monoisotopic (exact) mass is 365 g/mol. The topological polar surface area (TPSA) is 54.0 Å². The van der Waals surface area contributed by atoms with Crippen LogP contribution in [0.4, 0.5) is 9.52 Å². The molecule has 1 aromatic heterocycles. The fourth-order valence-electron chi connectivity index (χ4n) is 1.89. The molecule has 0 aliphatic carbocycles. The molecule has 0 unspecified atom stereocenters. The van der Waals surface area contributed by atoms with Crippen molar-refractivity contribution < 1.29 is 9.18 Å². The van der Waals surface area contributed by atoms with Gasteiger partial charge in [0.15, 0.2) is 10.2 Å². The quantitative estimate of drug-likeness (QED) is 0.668. The van der Waals surface area contributed by atoms with Crippen LogP contribution in [0.25, 0.3) is 10.2 Å². The lowest BCUT2D eigenvalue weighted by molar-refractivity contribution is 0.0977. The summed E-state index contributed by atoms with van der Waals surface area (Å²) >= 11 is 12.4. The molecule has 2 N–H and O–H groups in total. The molecule has 1 amide bonds. The molecule has 0 saturated heterocycles. The van der Waals surface area contributed by atoms with Gasteiger partial charge in [0.1, 0.15) is 5.82 Å². The summed E-state index contributed by atoms with van der Waals surface area (Å²) in [7, 11) is 0. The van der Waals surface area contributed by atoms with E-state index in [2.05, 4.69) is 15.6 Å². The maximum atomic E-state index is 13.1. The maximum Gasteiger partial charge on any atom is 0.257 e. The van der Waals surface area contributed by atoms with Crippen molar-refractivity contribution in [3.8, 4) is 0 Å². The van der Waals surface area contributed by atoms with E-state index in [1.54, 1.807) is 18.2 Å². The Morgan fingerprint density at radius 3 is 2.87 bits per heavy atom. The van der Waals surface area contributed by atoms with Crippen molar-refractivity contribution in [3.63, 3.8) is 0 Å². The predicted molar refractivity (Wildman–Crippen MR) is 94.7 cm³/mol. The number of halogens is 2. The van der Waals surface area contributed by atoms with Crippen LogP contribution in [0, 0.1) is 5.82 Å². The fraction of sp³-hybridized carbons (Fsp3) is 0. The SMILES string of the molecule is O=C(NC(=S)Nc1nc2ccc(Cl)cc2s1)c1cccc(F)c1. The van der Waals surface area contributed by atoms with Crippen LogP contribution < -0.4 is 10.6 Å². The summed E-state index contributed by atoms with van der Waals surface area (Å²) in [6.07, 6.45) is 0. The Morgan fingerprint density at radius 1 is 1.26 bits per heavy atom. The molecule has 0 bridgehead atoms. The van der Waals surface area contributed by atoms with Crippen molar-refractivity contribution in [2.24, 2.45) is 0 Å². The first-order chi connectivity index (χ1) is 11.0. The third-order valence-corrected chi connectivity index (χ3v) is 4.26. The van der Waals surface area contributed by atoms with Gasteiger partial charge in [-0.1, -0.05) is 29.0 Å². The Labute approximate surface area is 145 Å². The van der Waals surface area contributed by atoms with Gasteiger partial charge in [0.2, 0.25) is 0 Å². The van der Waals surface area contributed by atoms with Crippen LogP contribution in [0.2, 0.25) is 5.02 Å². The van der Waals surface area contributed by atoms with Crippen molar-refractivity contribution in [2.45, 2.75) is 0 Å². The average Bonchev–Trinajstić information content (AvgIpc) is 2.88. The number of carbonyl (C=O) groups excluding carboxylic acids is 1. The van der Waals surface area contributed by atoms with Crippen molar-refractivity contribution in [1.29, 1.82) is 0 Å². The number of carbonyl (C=O) groups is 1. The predicted octanol–water partition coefficient (Wildman–Crippen LogP) is 4.22. The van der Waals surface area contributed by atoms with Gasteiger partial charge in [0.25, 0.3) is 5.91 Å².